The van der Waals surface area contributed by atoms with Crippen LogP contribution in [0, 0.1) is 6.92 Å². The van der Waals surface area contributed by atoms with Gasteiger partial charge in [0.2, 0.25) is 0 Å². The smallest absolute Gasteiger partial charge is 0.144 e. The average molecular weight is 363 g/mol. The molecule has 27 heavy (non-hydrogen) atoms. The number of hydrogen-bond donors (Lipinski definition) is 1. The molecular formula is C22H25N3O2. The lowest BCUT2D eigenvalue weighted by Crippen LogP contribution is -2.46. The Balaban J connectivity index is 1.50. The first-order valence-electron chi connectivity index (χ1n) is 9.34. The van der Waals surface area contributed by atoms with Crippen LogP contribution < -0.4 is 9.64 Å². The number of rotatable bonds is 4. The average Bonchev–Trinajstić information content (AvgIpc) is 2.72. The monoisotopic (exact) mass is 363 g/mol. The number of piperazine rings is 1. The van der Waals surface area contributed by atoms with E-state index in [9.17, 15) is 5.11 Å². The van der Waals surface area contributed by atoms with Gasteiger partial charge in [-0.25, -0.2) is 0 Å². The predicted molar refractivity (Wildman–Crippen MR) is 109 cm³/mol. The van der Waals surface area contributed by atoms with Crippen LogP contribution in [0.25, 0.3) is 10.9 Å². The highest BCUT2D eigenvalue weighted by molar-refractivity contribution is 5.88. The van der Waals surface area contributed by atoms with Gasteiger partial charge in [0.25, 0.3) is 0 Å². The molecule has 0 aliphatic carbocycles. The molecule has 1 N–H and O–H groups in total. The number of hydrogen-bond acceptors (Lipinski definition) is 5. The van der Waals surface area contributed by atoms with Crippen molar-refractivity contribution in [2.45, 2.75) is 13.5 Å². The van der Waals surface area contributed by atoms with E-state index in [0.29, 0.717) is 5.52 Å². The molecule has 2 heterocycles. The maximum absolute atomic E-state index is 10.3. The van der Waals surface area contributed by atoms with E-state index in [2.05, 4.69) is 33.0 Å². The highest BCUT2D eigenvalue weighted by Crippen LogP contribution is 2.31. The van der Waals surface area contributed by atoms with Gasteiger partial charge in [0.1, 0.15) is 17.0 Å². The van der Waals surface area contributed by atoms with Gasteiger partial charge in [-0.15, -0.1) is 0 Å². The largest absolute Gasteiger partial charge is 0.505 e. The number of pyridine rings is 1. The quantitative estimate of drug-likeness (QED) is 0.768. The molecule has 0 amide bonds. The van der Waals surface area contributed by atoms with Crippen LogP contribution in [-0.2, 0) is 6.54 Å². The molecule has 3 aromatic rings. The highest BCUT2D eigenvalue weighted by Gasteiger charge is 2.20. The standard InChI is InChI=1S/C22H25N3O2/c1-16-14-17(18-6-5-9-23-21(18)22(16)26)15-24-10-12-25(13-11-24)19-7-3-4-8-20(19)27-2/h3-9,14,26H,10-13,15H2,1-2H3. The Bertz CT molecular complexity index is 949. The molecule has 0 radical (unpaired) electrons. The lowest BCUT2D eigenvalue weighted by molar-refractivity contribution is 0.250. The Kier molecular flexibility index (Phi) is 4.86. The molecular weight excluding hydrogens is 338 g/mol. The van der Waals surface area contributed by atoms with Crippen LogP contribution in [0.15, 0.2) is 48.7 Å². The molecule has 5 nitrogen and oxygen atoms in total. The Morgan fingerprint density at radius 3 is 2.63 bits per heavy atom. The van der Waals surface area contributed by atoms with Crippen molar-refractivity contribution >= 4 is 16.6 Å². The van der Waals surface area contributed by atoms with Crippen LogP contribution in [0.2, 0.25) is 0 Å². The second kappa shape index (κ2) is 7.45. The zero-order valence-electron chi connectivity index (χ0n) is 15.9. The molecule has 1 aliphatic rings. The van der Waals surface area contributed by atoms with Crippen LogP contribution in [0.3, 0.4) is 0 Å². The van der Waals surface area contributed by atoms with Crippen molar-refractivity contribution in [3.05, 3.63) is 59.8 Å². The van der Waals surface area contributed by atoms with Crippen molar-refractivity contribution in [2.24, 2.45) is 0 Å². The molecule has 0 spiro atoms. The fourth-order valence-corrected chi connectivity index (χ4v) is 3.86. The molecule has 2 aromatic carbocycles. The summed E-state index contributed by atoms with van der Waals surface area (Å²) < 4.78 is 5.51. The SMILES string of the molecule is COc1ccccc1N1CCN(Cc2cc(C)c(O)c3ncccc23)CC1. The minimum Gasteiger partial charge on any atom is -0.505 e. The number of nitrogens with zero attached hydrogens (tertiary/aromatic N) is 3. The van der Waals surface area contributed by atoms with Gasteiger partial charge in [0, 0.05) is 44.3 Å². The van der Waals surface area contributed by atoms with E-state index in [1.165, 1.54) is 5.56 Å². The third-order valence-corrected chi connectivity index (χ3v) is 5.33. The maximum atomic E-state index is 10.3. The molecule has 0 bridgehead atoms. The molecule has 1 aromatic heterocycles. The second-order valence-corrected chi connectivity index (χ2v) is 7.04. The molecule has 4 rings (SSSR count). The van der Waals surface area contributed by atoms with E-state index >= 15 is 0 Å². The zero-order valence-corrected chi connectivity index (χ0v) is 15.9. The Morgan fingerprint density at radius 2 is 1.85 bits per heavy atom. The van der Waals surface area contributed by atoms with E-state index < -0.39 is 0 Å². The predicted octanol–water partition coefficient (Wildman–Crippen LogP) is 3.58. The number of methoxy groups -OCH3 is 1. The van der Waals surface area contributed by atoms with Gasteiger partial charge in [-0.1, -0.05) is 24.3 Å². The number of aromatic nitrogens is 1. The lowest BCUT2D eigenvalue weighted by Gasteiger charge is -2.36. The van der Waals surface area contributed by atoms with Crippen molar-refractivity contribution in [1.29, 1.82) is 0 Å². The summed E-state index contributed by atoms with van der Waals surface area (Å²) in [6.45, 7) is 6.70. The van der Waals surface area contributed by atoms with Crippen LogP contribution in [0.5, 0.6) is 11.5 Å². The number of phenolic OH excluding ortho intramolecular Hbond substituents is 1. The van der Waals surface area contributed by atoms with Crippen molar-refractivity contribution in [3.8, 4) is 11.5 Å². The van der Waals surface area contributed by atoms with Gasteiger partial charge in [-0.3, -0.25) is 9.88 Å². The number of phenols is 1. The summed E-state index contributed by atoms with van der Waals surface area (Å²) in [5.41, 5.74) is 3.96. The molecule has 140 valence electrons. The van der Waals surface area contributed by atoms with E-state index in [0.717, 1.165) is 55.1 Å². The van der Waals surface area contributed by atoms with Crippen LogP contribution in [0.1, 0.15) is 11.1 Å². The van der Waals surface area contributed by atoms with Gasteiger partial charge in [0.05, 0.1) is 12.8 Å². The van der Waals surface area contributed by atoms with Gasteiger partial charge >= 0.3 is 0 Å². The van der Waals surface area contributed by atoms with Crippen molar-refractivity contribution in [1.82, 2.24) is 9.88 Å². The minimum atomic E-state index is 0.287. The number of para-hydroxylation sites is 2. The number of ether oxygens (including phenoxy) is 1. The fraction of sp³-hybridized carbons (Fsp3) is 0.318. The zero-order chi connectivity index (χ0) is 18.8. The third kappa shape index (κ3) is 3.43. The summed E-state index contributed by atoms with van der Waals surface area (Å²) in [5, 5.41) is 11.3. The van der Waals surface area contributed by atoms with Gasteiger partial charge in [-0.05, 0) is 36.2 Å². The van der Waals surface area contributed by atoms with Crippen molar-refractivity contribution < 1.29 is 9.84 Å². The Labute approximate surface area is 159 Å². The lowest BCUT2D eigenvalue weighted by atomic mass is 10.0. The molecule has 0 saturated carbocycles. The molecule has 1 saturated heterocycles. The summed E-state index contributed by atoms with van der Waals surface area (Å²) in [4.78, 5) is 9.22. The summed E-state index contributed by atoms with van der Waals surface area (Å²) >= 11 is 0. The van der Waals surface area contributed by atoms with Gasteiger partial charge < -0.3 is 14.7 Å². The van der Waals surface area contributed by atoms with Crippen LogP contribution in [0.4, 0.5) is 5.69 Å². The first-order chi connectivity index (χ1) is 13.2. The van der Waals surface area contributed by atoms with E-state index in [1.807, 2.05) is 31.2 Å². The van der Waals surface area contributed by atoms with Crippen molar-refractivity contribution in [2.75, 3.05) is 38.2 Å². The number of benzene rings is 2. The summed E-state index contributed by atoms with van der Waals surface area (Å²) in [6, 6.07) is 14.3. The summed E-state index contributed by atoms with van der Waals surface area (Å²) in [7, 11) is 1.72. The number of aryl methyl sites for hydroxylation is 1. The van der Waals surface area contributed by atoms with Crippen molar-refractivity contribution in [3.63, 3.8) is 0 Å². The summed E-state index contributed by atoms with van der Waals surface area (Å²) in [5.74, 6) is 1.22. The molecule has 0 unspecified atom stereocenters. The second-order valence-electron chi connectivity index (χ2n) is 7.04. The first kappa shape index (κ1) is 17.6. The first-order valence-corrected chi connectivity index (χ1v) is 9.34. The molecule has 1 aliphatic heterocycles. The van der Waals surface area contributed by atoms with E-state index in [-0.39, 0.29) is 5.75 Å². The normalized spacial score (nSPS) is 15.3. The highest BCUT2D eigenvalue weighted by atomic mass is 16.5. The topological polar surface area (TPSA) is 48.8 Å². The van der Waals surface area contributed by atoms with Crippen LogP contribution in [-0.4, -0.2) is 48.3 Å². The molecule has 0 atom stereocenters. The molecule has 1 fully saturated rings. The number of fused-ring (bicyclic) bond motifs is 1. The fourth-order valence-electron chi connectivity index (χ4n) is 3.86. The number of anilines is 1. The Morgan fingerprint density at radius 1 is 1.07 bits per heavy atom. The number of aromatic hydroxyl groups is 1. The molecule has 5 heteroatoms. The maximum Gasteiger partial charge on any atom is 0.144 e. The van der Waals surface area contributed by atoms with E-state index in [1.54, 1.807) is 13.3 Å². The summed E-state index contributed by atoms with van der Waals surface area (Å²) in [6.07, 6.45) is 1.73. The van der Waals surface area contributed by atoms with Gasteiger partial charge in [0.15, 0.2) is 0 Å². The third-order valence-electron chi connectivity index (χ3n) is 5.33. The van der Waals surface area contributed by atoms with Gasteiger partial charge in [-0.2, -0.15) is 0 Å². The van der Waals surface area contributed by atoms with Crippen LogP contribution >= 0.6 is 0 Å². The minimum absolute atomic E-state index is 0.287. The van der Waals surface area contributed by atoms with E-state index in [4.69, 9.17) is 4.74 Å². The Hall–Kier alpha value is -2.79.